The number of ether oxygens (including phenoxy) is 1. The summed E-state index contributed by atoms with van der Waals surface area (Å²) in [7, 11) is 3.97. The number of rotatable bonds is 7. The summed E-state index contributed by atoms with van der Waals surface area (Å²) in [5.74, 6) is -0.130. The third-order valence-electron chi connectivity index (χ3n) is 7.04. The summed E-state index contributed by atoms with van der Waals surface area (Å²) < 4.78 is 8.67. The number of fused-ring (bicyclic) bond motifs is 1. The lowest BCUT2D eigenvalue weighted by molar-refractivity contribution is -0.138. The summed E-state index contributed by atoms with van der Waals surface area (Å²) in [5.41, 5.74) is 5.40. The normalized spacial score (nSPS) is 15.1. The van der Waals surface area contributed by atoms with Crippen LogP contribution in [0.5, 0.6) is 0 Å². The largest absolute Gasteiger partial charge is 0.463 e. The predicted molar refractivity (Wildman–Crippen MR) is 170 cm³/mol. The molecule has 0 unspecified atom stereocenters. The van der Waals surface area contributed by atoms with E-state index in [-0.39, 0.29) is 12.2 Å². The highest BCUT2D eigenvalue weighted by Crippen LogP contribution is 2.35. The number of thiazole rings is 1. The number of hydrogen-bond acceptors (Lipinski definition) is 6. The van der Waals surface area contributed by atoms with Crippen LogP contribution >= 0.6 is 27.3 Å². The van der Waals surface area contributed by atoms with Crippen LogP contribution < -0.4 is 19.8 Å². The van der Waals surface area contributed by atoms with Gasteiger partial charge in [0.2, 0.25) is 0 Å². The molecule has 6 nitrogen and oxygen atoms in total. The van der Waals surface area contributed by atoms with Crippen LogP contribution in [0, 0.1) is 0 Å². The van der Waals surface area contributed by atoms with Crippen LogP contribution in [0.2, 0.25) is 0 Å². The Morgan fingerprint density at radius 3 is 2.41 bits per heavy atom. The van der Waals surface area contributed by atoms with E-state index >= 15 is 0 Å². The number of carbonyl (C=O) groups excluding carboxylic acids is 1. The first-order valence-corrected chi connectivity index (χ1v) is 15.2. The molecule has 210 valence electrons. The van der Waals surface area contributed by atoms with Crippen LogP contribution in [-0.4, -0.2) is 31.2 Å². The highest BCUT2D eigenvalue weighted by molar-refractivity contribution is 9.10. The second-order valence-corrected chi connectivity index (χ2v) is 12.2. The van der Waals surface area contributed by atoms with Gasteiger partial charge >= 0.3 is 5.97 Å². The Hall–Kier alpha value is -3.75. The molecule has 0 fully saturated rings. The van der Waals surface area contributed by atoms with Gasteiger partial charge < -0.3 is 9.64 Å². The molecule has 0 amide bonds. The van der Waals surface area contributed by atoms with E-state index in [1.54, 1.807) is 11.5 Å². The minimum atomic E-state index is -0.688. The lowest BCUT2D eigenvalue weighted by atomic mass is 9.91. The monoisotopic (exact) mass is 629 g/mol. The smallest absolute Gasteiger partial charge is 0.338 e. The van der Waals surface area contributed by atoms with Crippen molar-refractivity contribution in [3.05, 3.63) is 125 Å². The van der Waals surface area contributed by atoms with Gasteiger partial charge in [-0.25, -0.2) is 9.79 Å². The van der Waals surface area contributed by atoms with Crippen LogP contribution in [0.4, 0.5) is 5.69 Å². The Morgan fingerprint density at radius 2 is 1.80 bits per heavy atom. The number of esters is 1. The van der Waals surface area contributed by atoms with Gasteiger partial charge in [-0.1, -0.05) is 85.8 Å². The third-order valence-corrected chi connectivity index (χ3v) is 8.66. The van der Waals surface area contributed by atoms with E-state index in [9.17, 15) is 9.59 Å². The van der Waals surface area contributed by atoms with Crippen LogP contribution in [0.3, 0.4) is 0 Å². The molecule has 1 aliphatic heterocycles. The number of anilines is 1. The van der Waals surface area contributed by atoms with Gasteiger partial charge in [0.05, 0.1) is 34.1 Å². The van der Waals surface area contributed by atoms with E-state index in [2.05, 4.69) is 41.9 Å². The maximum Gasteiger partial charge on any atom is 0.338 e. The van der Waals surface area contributed by atoms with Crippen molar-refractivity contribution in [3.8, 4) is 0 Å². The van der Waals surface area contributed by atoms with Gasteiger partial charge in [0.25, 0.3) is 5.56 Å². The van der Waals surface area contributed by atoms with E-state index < -0.39 is 12.0 Å². The summed E-state index contributed by atoms with van der Waals surface area (Å²) in [5, 5.41) is 0. The van der Waals surface area contributed by atoms with Crippen LogP contribution in [0.15, 0.2) is 92.6 Å². The van der Waals surface area contributed by atoms with E-state index in [1.807, 2.05) is 85.7 Å². The van der Waals surface area contributed by atoms with Crippen molar-refractivity contribution >= 4 is 50.7 Å². The second-order valence-electron chi connectivity index (χ2n) is 10.4. The average Bonchev–Trinajstić information content (AvgIpc) is 3.26. The quantitative estimate of drug-likeness (QED) is 0.239. The van der Waals surface area contributed by atoms with Gasteiger partial charge in [0.15, 0.2) is 4.80 Å². The summed E-state index contributed by atoms with van der Waals surface area (Å²) in [4.78, 5) is 35.2. The van der Waals surface area contributed by atoms with Crippen LogP contribution in [0.25, 0.3) is 11.8 Å². The zero-order chi connectivity index (χ0) is 29.3. The first kappa shape index (κ1) is 28.8. The van der Waals surface area contributed by atoms with Crippen molar-refractivity contribution in [2.75, 3.05) is 25.6 Å². The maximum absolute atomic E-state index is 14.1. The second kappa shape index (κ2) is 12.0. The molecule has 0 radical (unpaired) electrons. The van der Waals surface area contributed by atoms with Crippen molar-refractivity contribution in [3.63, 3.8) is 0 Å². The molecule has 4 aromatic rings. The molecule has 8 heteroatoms. The Balaban J connectivity index is 1.78. The molecule has 2 heterocycles. The molecule has 0 saturated heterocycles. The Bertz CT molecular complexity index is 1800. The summed E-state index contributed by atoms with van der Waals surface area (Å²) in [6.45, 7) is 6.27. The molecular formula is C33H32BrN3O3S. The summed E-state index contributed by atoms with van der Waals surface area (Å²) in [6, 6.07) is 23.0. The van der Waals surface area contributed by atoms with E-state index in [0.717, 1.165) is 26.9 Å². The molecule has 0 bridgehead atoms. The van der Waals surface area contributed by atoms with E-state index in [0.29, 0.717) is 26.5 Å². The molecule has 0 N–H and O–H groups in total. The van der Waals surface area contributed by atoms with Crippen molar-refractivity contribution < 1.29 is 9.53 Å². The first-order valence-electron chi connectivity index (χ1n) is 13.5. The number of benzene rings is 3. The van der Waals surface area contributed by atoms with Gasteiger partial charge in [-0.05, 0) is 63.7 Å². The highest BCUT2D eigenvalue weighted by atomic mass is 79.9. The number of aromatic nitrogens is 1. The molecular weight excluding hydrogens is 598 g/mol. The molecule has 3 aromatic carbocycles. The van der Waals surface area contributed by atoms with E-state index in [1.165, 1.54) is 16.9 Å². The fourth-order valence-corrected chi connectivity index (χ4v) is 6.70. The molecule has 1 aromatic heterocycles. The first-order chi connectivity index (χ1) is 19.7. The van der Waals surface area contributed by atoms with Crippen LogP contribution in [0.1, 0.15) is 55.0 Å². The minimum absolute atomic E-state index is 0.201. The lowest BCUT2D eigenvalue weighted by Gasteiger charge is -2.26. The van der Waals surface area contributed by atoms with Crippen LogP contribution in [-0.2, 0) is 9.53 Å². The lowest BCUT2D eigenvalue weighted by Crippen LogP contribution is -2.40. The minimum Gasteiger partial charge on any atom is -0.463 e. The number of halogens is 1. The molecule has 0 aliphatic carbocycles. The number of nitrogens with zero attached hydrogens (tertiary/aromatic N) is 3. The standard InChI is InChI=1S/C33H32BrN3O3S/c1-6-40-32(39)28-29(23-10-8-7-9-11-23)35-33-37(30(28)24-15-13-22(14-16-24)20(2)3)31(38)27(41-33)19-21-12-17-26(36(4)5)25(34)18-21/h7-20,30H,6H2,1-5H3/b27-19-/t30-/m0/s1. The fraction of sp³-hybridized carbons (Fsp3) is 0.242. The van der Waals surface area contributed by atoms with Crippen molar-refractivity contribution in [1.82, 2.24) is 4.57 Å². The Morgan fingerprint density at radius 1 is 1.10 bits per heavy atom. The van der Waals surface area contributed by atoms with Gasteiger partial charge in [0, 0.05) is 24.1 Å². The van der Waals surface area contributed by atoms with Crippen molar-refractivity contribution in [2.45, 2.75) is 32.7 Å². The number of carbonyl (C=O) groups is 1. The third kappa shape index (κ3) is 5.72. The molecule has 0 spiro atoms. The Labute approximate surface area is 252 Å². The SMILES string of the molecule is CCOC(=O)C1=C(c2ccccc2)N=c2s/c(=C\c3ccc(N(C)C)c(Br)c3)c(=O)n2[C@H]1c1ccc(C(C)C)cc1. The zero-order valence-electron chi connectivity index (χ0n) is 23.7. The summed E-state index contributed by atoms with van der Waals surface area (Å²) >= 11 is 4.97. The average molecular weight is 631 g/mol. The van der Waals surface area contributed by atoms with E-state index in [4.69, 9.17) is 9.73 Å². The maximum atomic E-state index is 14.1. The predicted octanol–water partition coefficient (Wildman–Crippen LogP) is 5.89. The molecule has 0 saturated carbocycles. The fourth-order valence-electron chi connectivity index (χ4n) is 4.95. The van der Waals surface area contributed by atoms with Gasteiger partial charge in [0.1, 0.15) is 0 Å². The topological polar surface area (TPSA) is 63.9 Å². The molecule has 1 atom stereocenters. The summed E-state index contributed by atoms with van der Waals surface area (Å²) in [6.07, 6.45) is 1.88. The highest BCUT2D eigenvalue weighted by Gasteiger charge is 2.35. The Kier molecular flexibility index (Phi) is 8.42. The van der Waals surface area contributed by atoms with Crippen molar-refractivity contribution in [2.24, 2.45) is 4.99 Å². The van der Waals surface area contributed by atoms with Gasteiger partial charge in [-0.2, -0.15) is 0 Å². The van der Waals surface area contributed by atoms with Crippen molar-refractivity contribution in [1.29, 1.82) is 0 Å². The van der Waals surface area contributed by atoms with Gasteiger partial charge in [-0.3, -0.25) is 9.36 Å². The molecule has 5 rings (SSSR count). The molecule has 41 heavy (non-hydrogen) atoms. The molecule has 1 aliphatic rings. The zero-order valence-corrected chi connectivity index (χ0v) is 26.1. The number of hydrogen-bond donors (Lipinski definition) is 0. The van der Waals surface area contributed by atoms with Gasteiger partial charge in [-0.15, -0.1) is 0 Å².